The molecule has 0 radical (unpaired) electrons. The molecule has 0 aliphatic carbocycles. The number of halogens is 1. The van der Waals surface area contributed by atoms with Crippen molar-refractivity contribution in [3.63, 3.8) is 0 Å². The van der Waals surface area contributed by atoms with Gasteiger partial charge in [0.1, 0.15) is 11.8 Å². The average molecular weight is 473 g/mol. The number of hydrogen-bond donors (Lipinski definition) is 2. The monoisotopic (exact) mass is 472 g/mol. The summed E-state index contributed by atoms with van der Waals surface area (Å²) in [4.78, 5) is 22.2. The van der Waals surface area contributed by atoms with Crippen molar-refractivity contribution in [2.24, 2.45) is 0 Å². The van der Waals surface area contributed by atoms with Crippen molar-refractivity contribution in [1.29, 1.82) is 0 Å². The standard InChI is InChI=1S/C25H21ClN6O2/c1-15-21(24(33)29-19-4-3-13-27-14-19)22(16-5-9-18(26)10-6-16)32-25(28-15)30-23(31-32)17-7-11-20(34-2)12-8-17/h3-14,22H,1-2H3,(H,29,33)(H,28,30,31)/t22-/m1/s1. The third-order valence-corrected chi connectivity index (χ3v) is 5.80. The second-order valence-electron chi connectivity index (χ2n) is 7.75. The van der Waals surface area contributed by atoms with Crippen molar-refractivity contribution >= 4 is 29.1 Å². The average Bonchev–Trinajstić information content (AvgIpc) is 3.28. The molecular formula is C25H21ClN6O2. The number of aromatic nitrogens is 4. The Morgan fingerprint density at radius 3 is 2.56 bits per heavy atom. The van der Waals surface area contributed by atoms with E-state index in [2.05, 4.69) is 15.6 Å². The van der Waals surface area contributed by atoms with Gasteiger partial charge in [0.05, 0.1) is 24.6 Å². The fourth-order valence-electron chi connectivity index (χ4n) is 3.90. The third-order valence-electron chi connectivity index (χ3n) is 5.55. The van der Waals surface area contributed by atoms with Crippen molar-refractivity contribution in [2.75, 3.05) is 17.7 Å². The summed E-state index contributed by atoms with van der Waals surface area (Å²) in [5, 5.41) is 11.6. The molecule has 5 rings (SSSR count). The molecule has 1 atom stereocenters. The van der Waals surface area contributed by atoms with Crippen LogP contribution in [0.5, 0.6) is 5.75 Å². The number of hydrogen-bond acceptors (Lipinski definition) is 6. The van der Waals surface area contributed by atoms with E-state index in [0.29, 0.717) is 33.8 Å². The van der Waals surface area contributed by atoms with E-state index in [1.165, 1.54) is 0 Å². The van der Waals surface area contributed by atoms with E-state index < -0.39 is 6.04 Å². The number of pyridine rings is 1. The maximum atomic E-state index is 13.4. The van der Waals surface area contributed by atoms with Gasteiger partial charge in [0.25, 0.3) is 5.91 Å². The van der Waals surface area contributed by atoms with Gasteiger partial charge in [0, 0.05) is 22.5 Å². The Hall–Kier alpha value is -4.17. The van der Waals surface area contributed by atoms with Gasteiger partial charge in [-0.25, -0.2) is 4.68 Å². The number of benzene rings is 2. The van der Waals surface area contributed by atoms with E-state index in [4.69, 9.17) is 26.4 Å². The molecule has 170 valence electrons. The zero-order valence-electron chi connectivity index (χ0n) is 18.5. The fourth-order valence-corrected chi connectivity index (χ4v) is 4.02. The number of fused-ring (bicyclic) bond motifs is 1. The van der Waals surface area contributed by atoms with Crippen LogP contribution in [0.25, 0.3) is 11.4 Å². The van der Waals surface area contributed by atoms with E-state index in [-0.39, 0.29) is 5.91 Å². The van der Waals surface area contributed by atoms with Gasteiger partial charge in [0.2, 0.25) is 5.95 Å². The van der Waals surface area contributed by atoms with Crippen LogP contribution in [0.3, 0.4) is 0 Å². The molecule has 0 spiro atoms. The first-order chi connectivity index (χ1) is 16.5. The highest BCUT2D eigenvalue weighted by molar-refractivity contribution is 6.30. The van der Waals surface area contributed by atoms with Crippen molar-refractivity contribution in [1.82, 2.24) is 19.7 Å². The van der Waals surface area contributed by atoms with Gasteiger partial charge in [-0.3, -0.25) is 9.78 Å². The highest BCUT2D eigenvalue weighted by Crippen LogP contribution is 2.37. The maximum Gasteiger partial charge on any atom is 0.255 e. The molecule has 8 nitrogen and oxygen atoms in total. The minimum Gasteiger partial charge on any atom is -0.497 e. The number of rotatable bonds is 5. The number of anilines is 2. The van der Waals surface area contributed by atoms with E-state index in [0.717, 1.165) is 16.9 Å². The molecule has 1 aliphatic heterocycles. The number of allylic oxidation sites excluding steroid dienone is 1. The highest BCUT2D eigenvalue weighted by Gasteiger charge is 2.34. The van der Waals surface area contributed by atoms with Crippen LogP contribution in [0.1, 0.15) is 18.5 Å². The minimum absolute atomic E-state index is 0.259. The molecule has 0 saturated carbocycles. The number of nitrogens with one attached hydrogen (secondary N) is 2. The van der Waals surface area contributed by atoms with Gasteiger partial charge in [-0.1, -0.05) is 23.7 Å². The maximum absolute atomic E-state index is 13.4. The molecule has 1 aliphatic rings. The van der Waals surface area contributed by atoms with Gasteiger partial charge in [0.15, 0.2) is 5.82 Å². The summed E-state index contributed by atoms with van der Waals surface area (Å²) < 4.78 is 6.98. The second-order valence-corrected chi connectivity index (χ2v) is 8.18. The van der Waals surface area contributed by atoms with Crippen LogP contribution < -0.4 is 15.4 Å². The lowest BCUT2D eigenvalue weighted by Crippen LogP contribution is -2.31. The Kier molecular flexibility index (Phi) is 5.73. The van der Waals surface area contributed by atoms with Crippen molar-refractivity contribution < 1.29 is 9.53 Å². The molecule has 0 unspecified atom stereocenters. The number of carbonyl (C=O) groups excluding carboxylic acids is 1. The Morgan fingerprint density at radius 2 is 1.88 bits per heavy atom. The predicted octanol–water partition coefficient (Wildman–Crippen LogP) is 4.93. The smallest absolute Gasteiger partial charge is 0.255 e. The van der Waals surface area contributed by atoms with Crippen LogP contribution >= 0.6 is 11.6 Å². The topological polar surface area (TPSA) is 94.0 Å². The van der Waals surface area contributed by atoms with Gasteiger partial charge in [-0.05, 0) is 61.0 Å². The molecule has 0 fully saturated rings. The van der Waals surface area contributed by atoms with Crippen LogP contribution in [0.2, 0.25) is 5.02 Å². The lowest BCUT2D eigenvalue weighted by atomic mass is 9.95. The number of amides is 1. The molecular weight excluding hydrogens is 452 g/mol. The SMILES string of the molecule is COc1ccc(-c2nc3n(n2)[C@H](c2ccc(Cl)cc2)C(C(=O)Nc2cccnc2)=C(C)N3)cc1. The number of ether oxygens (including phenoxy) is 1. The third kappa shape index (κ3) is 4.11. The van der Waals surface area contributed by atoms with Crippen LogP contribution in [-0.4, -0.2) is 32.8 Å². The predicted molar refractivity (Wildman–Crippen MR) is 131 cm³/mol. The molecule has 34 heavy (non-hydrogen) atoms. The molecule has 4 aromatic rings. The molecule has 3 heterocycles. The van der Waals surface area contributed by atoms with Gasteiger partial charge in [-0.15, -0.1) is 5.10 Å². The highest BCUT2D eigenvalue weighted by atomic mass is 35.5. The minimum atomic E-state index is -0.510. The summed E-state index contributed by atoms with van der Waals surface area (Å²) in [5.74, 6) is 1.56. The molecule has 2 aromatic heterocycles. The van der Waals surface area contributed by atoms with Crippen molar-refractivity contribution in [3.8, 4) is 17.1 Å². The van der Waals surface area contributed by atoms with E-state index in [1.807, 2.05) is 43.3 Å². The zero-order chi connectivity index (χ0) is 23.7. The largest absolute Gasteiger partial charge is 0.497 e. The summed E-state index contributed by atoms with van der Waals surface area (Å²) in [6, 6.07) is 17.9. The normalized spacial score (nSPS) is 14.9. The van der Waals surface area contributed by atoms with E-state index in [1.54, 1.807) is 48.5 Å². The molecule has 0 saturated heterocycles. The van der Waals surface area contributed by atoms with Crippen molar-refractivity contribution in [3.05, 3.63) is 94.9 Å². The fraction of sp³-hybridized carbons (Fsp3) is 0.120. The van der Waals surface area contributed by atoms with E-state index >= 15 is 0 Å². The van der Waals surface area contributed by atoms with Crippen molar-refractivity contribution in [2.45, 2.75) is 13.0 Å². The summed E-state index contributed by atoms with van der Waals surface area (Å²) in [7, 11) is 1.62. The molecule has 2 N–H and O–H groups in total. The molecule has 2 aromatic carbocycles. The molecule has 0 bridgehead atoms. The van der Waals surface area contributed by atoms with E-state index in [9.17, 15) is 4.79 Å². The molecule has 1 amide bonds. The van der Waals surface area contributed by atoms with Gasteiger partial charge in [-0.2, -0.15) is 4.98 Å². The number of nitrogens with zero attached hydrogens (tertiary/aromatic N) is 4. The van der Waals surface area contributed by atoms with Crippen LogP contribution in [0, 0.1) is 0 Å². The van der Waals surface area contributed by atoms with Crippen LogP contribution in [0.15, 0.2) is 84.3 Å². The van der Waals surface area contributed by atoms with Gasteiger partial charge < -0.3 is 15.4 Å². The lowest BCUT2D eigenvalue weighted by molar-refractivity contribution is -0.113. The second kappa shape index (κ2) is 8.99. The number of carbonyl (C=O) groups is 1. The van der Waals surface area contributed by atoms with Crippen LogP contribution in [0.4, 0.5) is 11.6 Å². The summed E-state index contributed by atoms with van der Waals surface area (Å²) in [6.07, 6.45) is 3.26. The summed E-state index contributed by atoms with van der Waals surface area (Å²) in [6.45, 7) is 1.85. The Bertz CT molecular complexity index is 1370. The van der Waals surface area contributed by atoms with Crippen LogP contribution in [-0.2, 0) is 4.79 Å². The quantitative estimate of drug-likeness (QED) is 0.427. The number of methoxy groups -OCH3 is 1. The Balaban J connectivity index is 1.58. The lowest BCUT2D eigenvalue weighted by Gasteiger charge is -2.28. The zero-order valence-corrected chi connectivity index (χ0v) is 19.2. The Morgan fingerprint density at radius 1 is 1.12 bits per heavy atom. The summed E-state index contributed by atoms with van der Waals surface area (Å²) >= 11 is 6.14. The first-order valence-electron chi connectivity index (χ1n) is 10.6. The Labute approximate surface area is 201 Å². The summed E-state index contributed by atoms with van der Waals surface area (Å²) in [5.41, 5.74) is 3.49. The first kappa shape index (κ1) is 21.7. The first-order valence-corrected chi connectivity index (χ1v) is 11.0. The molecule has 9 heteroatoms. The van der Waals surface area contributed by atoms with Gasteiger partial charge >= 0.3 is 0 Å².